The Morgan fingerprint density at radius 1 is 0.387 bits per heavy atom. The van der Waals surface area contributed by atoms with Crippen molar-refractivity contribution in [3.63, 3.8) is 0 Å². The van der Waals surface area contributed by atoms with Gasteiger partial charge in [-0.15, -0.1) is 0 Å². The Bertz CT molecular complexity index is 2950. The molecule has 0 spiro atoms. The van der Waals surface area contributed by atoms with Gasteiger partial charge in [0.05, 0.1) is 5.41 Å². The highest BCUT2D eigenvalue weighted by Gasteiger charge is 2.46. The Morgan fingerprint density at radius 3 is 1.26 bits per heavy atom. The average Bonchev–Trinajstić information content (AvgIpc) is 3.64. The van der Waals surface area contributed by atoms with E-state index in [0.29, 0.717) is 17.5 Å². The third kappa shape index (κ3) is 6.90. The summed E-state index contributed by atoms with van der Waals surface area (Å²) in [6, 6.07) is 75.0. The maximum absolute atomic E-state index is 5.17. The maximum Gasteiger partial charge on any atom is 0.164 e. The van der Waals surface area contributed by atoms with Crippen molar-refractivity contribution in [2.45, 2.75) is 12.3 Å². The van der Waals surface area contributed by atoms with Crippen molar-refractivity contribution < 1.29 is 0 Å². The third-order valence-electron chi connectivity index (χ3n) is 11.9. The molecule has 9 aromatic rings. The topological polar surface area (TPSA) is 38.7 Å². The second-order valence-corrected chi connectivity index (χ2v) is 15.5. The van der Waals surface area contributed by atoms with E-state index in [-0.39, 0.29) is 0 Å². The quantitative estimate of drug-likeness (QED) is 0.138. The highest BCUT2D eigenvalue weighted by molar-refractivity contribution is 5.93. The molecular formula is C59H43N3. The summed E-state index contributed by atoms with van der Waals surface area (Å²) in [7, 11) is 0. The Morgan fingerprint density at radius 2 is 0.774 bits per heavy atom. The van der Waals surface area contributed by atoms with Crippen molar-refractivity contribution in [2.24, 2.45) is 0 Å². The molecule has 1 heterocycles. The zero-order chi connectivity index (χ0) is 41.9. The normalized spacial score (nSPS) is 13.0. The number of nitrogens with zero attached hydrogens (tertiary/aromatic N) is 3. The van der Waals surface area contributed by atoms with E-state index < -0.39 is 5.41 Å². The summed E-state index contributed by atoms with van der Waals surface area (Å²) in [5.41, 5.74) is 16.2. The molecule has 0 N–H and O–H groups in total. The van der Waals surface area contributed by atoms with Crippen molar-refractivity contribution in [2.75, 3.05) is 0 Å². The van der Waals surface area contributed by atoms with Crippen LogP contribution < -0.4 is 0 Å². The van der Waals surface area contributed by atoms with Gasteiger partial charge in [-0.2, -0.15) is 0 Å². The van der Waals surface area contributed by atoms with E-state index >= 15 is 0 Å². The van der Waals surface area contributed by atoms with Crippen molar-refractivity contribution >= 4 is 5.57 Å². The summed E-state index contributed by atoms with van der Waals surface area (Å²) >= 11 is 0. The van der Waals surface area contributed by atoms with E-state index in [2.05, 4.69) is 226 Å². The van der Waals surface area contributed by atoms with Crippen LogP contribution in [0.2, 0.25) is 0 Å². The molecule has 3 heteroatoms. The SMILES string of the molecule is C=CC1=C(/C=C\C)C(c2ccccc2)(c2ccccc2)c2cc(-c3cccc(-c4nc(-c5ccc(-c6ccccc6)cc5)nc(-c5ccc(-c6ccccc6)cc5)n4)c3)ccc21. The molecule has 10 rings (SSSR count). The summed E-state index contributed by atoms with van der Waals surface area (Å²) in [5.74, 6) is 1.85. The monoisotopic (exact) mass is 793 g/mol. The molecule has 0 radical (unpaired) electrons. The van der Waals surface area contributed by atoms with E-state index in [1.807, 2.05) is 18.2 Å². The van der Waals surface area contributed by atoms with Gasteiger partial charge < -0.3 is 0 Å². The van der Waals surface area contributed by atoms with E-state index in [0.717, 1.165) is 55.6 Å². The van der Waals surface area contributed by atoms with E-state index in [1.165, 1.54) is 27.8 Å². The van der Waals surface area contributed by atoms with Crippen LogP contribution in [0.5, 0.6) is 0 Å². The maximum atomic E-state index is 5.17. The molecule has 0 bridgehead atoms. The van der Waals surface area contributed by atoms with Crippen molar-refractivity contribution in [3.8, 4) is 67.5 Å². The van der Waals surface area contributed by atoms with Gasteiger partial charge >= 0.3 is 0 Å². The predicted molar refractivity (Wildman–Crippen MR) is 257 cm³/mol. The second kappa shape index (κ2) is 16.6. The van der Waals surface area contributed by atoms with E-state index in [1.54, 1.807) is 0 Å². The summed E-state index contributed by atoms with van der Waals surface area (Å²) < 4.78 is 0. The summed E-state index contributed by atoms with van der Waals surface area (Å²) in [6.07, 6.45) is 6.42. The minimum absolute atomic E-state index is 0.550. The third-order valence-corrected chi connectivity index (χ3v) is 11.9. The minimum Gasteiger partial charge on any atom is -0.208 e. The lowest BCUT2D eigenvalue weighted by molar-refractivity contribution is 0.761. The highest BCUT2D eigenvalue weighted by atomic mass is 15.0. The molecule has 0 unspecified atom stereocenters. The molecule has 0 amide bonds. The number of rotatable bonds is 10. The summed E-state index contributed by atoms with van der Waals surface area (Å²) in [5, 5.41) is 0. The molecule has 8 aromatic carbocycles. The molecule has 294 valence electrons. The van der Waals surface area contributed by atoms with Gasteiger partial charge in [0.15, 0.2) is 17.5 Å². The van der Waals surface area contributed by atoms with Gasteiger partial charge in [-0.05, 0) is 85.8 Å². The number of fused-ring (bicyclic) bond motifs is 1. The van der Waals surface area contributed by atoms with Crippen LogP contribution in [0.25, 0.3) is 73.1 Å². The van der Waals surface area contributed by atoms with Gasteiger partial charge in [0.2, 0.25) is 0 Å². The molecule has 1 aromatic heterocycles. The number of aromatic nitrogens is 3. The first-order chi connectivity index (χ1) is 30.6. The van der Waals surface area contributed by atoms with Crippen LogP contribution in [-0.2, 0) is 5.41 Å². The molecule has 1 aliphatic carbocycles. The molecule has 3 nitrogen and oxygen atoms in total. The number of hydrogen-bond donors (Lipinski definition) is 0. The van der Waals surface area contributed by atoms with Crippen LogP contribution in [0.4, 0.5) is 0 Å². The van der Waals surface area contributed by atoms with Crippen LogP contribution >= 0.6 is 0 Å². The van der Waals surface area contributed by atoms with Crippen molar-refractivity contribution in [1.29, 1.82) is 0 Å². The largest absolute Gasteiger partial charge is 0.208 e. The first-order valence-corrected chi connectivity index (χ1v) is 21.1. The van der Waals surface area contributed by atoms with Crippen LogP contribution in [0.1, 0.15) is 29.2 Å². The second-order valence-electron chi connectivity index (χ2n) is 15.5. The van der Waals surface area contributed by atoms with Gasteiger partial charge in [-0.1, -0.05) is 225 Å². The first kappa shape index (κ1) is 38.2. The number of hydrogen-bond acceptors (Lipinski definition) is 3. The minimum atomic E-state index is -0.550. The van der Waals surface area contributed by atoms with Gasteiger partial charge in [0.1, 0.15) is 0 Å². The fourth-order valence-corrected chi connectivity index (χ4v) is 9.01. The lowest BCUT2D eigenvalue weighted by atomic mass is 9.66. The Hall–Kier alpha value is -8.01. The molecule has 0 saturated carbocycles. The van der Waals surface area contributed by atoms with E-state index in [9.17, 15) is 0 Å². The lowest BCUT2D eigenvalue weighted by Gasteiger charge is -2.35. The molecule has 0 fully saturated rings. The number of allylic oxidation sites excluding steroid dienone is 5. The first-order valence-electron chi connectivity index (χ1n) is 21.1. The van der Waals surface area contributed by atoms with E-state index in [4.69, 9.17) is 15.0 Å². The predicted octanol–water partition coefficient (Wildman–Crippen LogP) is 14.7. The fourth-order valence-electron chi connectivity index (χ4n) is 9.01. The zero-order valence-corrected chi connectivity index (χ0v) is 34.5. The van der Waals surface area contributed by atoms with Gasteiger partial charge in [0.25, 0.3) is 0 Å². The summed E-state index contributed by atoms with van der Waals surface area (Å²) in [6.45, 7) is 6.43. The molecule has 0 aliphatic heterocycles. The smallest absolute Gasteiger partial charge is 0.164 e. The van der Waals surface area contributed by atoms with Crippen molar-refractivity contribution in [3.05, 3.63) is 265 Å². The molecule has 1 aliphatic rings. The van der Waals surface area contributed by atoms with Crippen LogP contribution in [0, 0.1) is 0 Å². The molecule has 62 heavy (non-hydrogen) atoms. The van der Waals surface area contributed by atoms with Gasteiger partial charge in [-0.25, -0.2) is 15.0 Å². The Balaban J connectivity index is 1.10. The highest BCUT2D eigenvalue weighted by Crippen LogP contribution is 2.56. The number of benzene rings is 8. The van der Waals surface area contributed by atoms with Crippen LogP contribution in [0.3, 0.4) is 0 Å². The van der Waals surface area contributed by atoms with Crippen LogP contribution in [0.15, 0.2) is 243 Å². The molecular weight excluding hydrogens is 751 g/mol. The Kier molecular flexibility index (Phi) is 10.2. The molecule has 0 atom stereocenters. The van der Waals surface area contributed by atoms with Gasteiger partial charge in [0, 0.05) is 16.7 Å². The Labute approximate surface area is 363 Å². The van der Waals surface area contributed by atoms with Gasteiger partial charge in [-0.3, -0.25) is 0 Å². The zero-order valence-electron chi connectivity index (χ0n) is 34.5. The fraction of sp³-hybridized carbons (Fsp3) is 0.0339. The lowest BCUT2D eigenvalue weighted by Crippen LogP contribution is -2.29. The summed E-state index contributed by atoms with van der Waals surface area (Å²) in [4.78, 5) is 15.4. The van der Waals surface area contributed by atoms with Crippen LogP contribution in [-0.4, -0.2) is 15.0 Å². The van der Waals surface area contributed by atoms with Crippen molar-refractivity contribution in [1.82, 2.24) is 15.0 Å². The average molecular weight is 794 g/mol. The standard InChI is InChI=1S/C59H43N3/c1-3-18-54-52(4-2)53-38-37-48(40-55(53)59(54,50-25-13-7-14-26-50)51-27-15-8-16-28-51)47-23-17-24-49(39-47)58-61-56(45-33-29-43(30-34-45)41-19-9-5-10-20-41)60-57(62-58)46-35-31-44(32-36-46)42-21-11-6-12-22-42/h3-40H,2H2,1H3/b18-3-. The molecule has 0 saturated heterocycles.